The lowest BCUT2D eigenvalue weighted by molar-refractivity contribution is 0.424. The molecule has 20 heavy (non-hydrogen) atoms. The van der Waals surface area contributed by atoms with E-state index in [2.05, 4.69) is 74.6 Å². The summed E-state index contributed by atoms with van der Waals surface area (Å²) in [5.74, 6) is 0. The normalized spacial score (nSPS) is 12.0. The van der Waals surface area contributed by atoms with Crippen molar-refractivity contribution in [1.29, 1.82) is 0 Å². The first-order valence-corrected chi connectivity index (χ1v) is 7.38. The zero-order chi connectivity index (χ0) is 14.8. The summed E-state index contributed by atoms with van der Waals surface area (Å²) in [5, 5.41) is 4.84. The van der Waals surface area contributed by atoms with Crippen molar-refractivity contribution in [2.75, 3.05) is 0 Å². The predicted molar refractivity (Wildman–Crippen MR) is 88.0 cm³/mol. The third-order valence-corrected chi connectivity index (χ3v) is 3.56. The topological polar surface area (TPSA) is 17.0 Å². The molecule has 0 saturated heterocycles. The van der Waals surface area contributed by atoms with E-state index in [1.54, 1.807) is 0 Å². The Morgan fingerprint density at radius 2 is 2.00 bits per heavy atom. The lowest BCUT2D eigenvalue weighted by atomic mass is 10.1. The third kappa shape index (κ3) is 3.73. The van der Waals surface area contributed by atoms with Gasteiger partial charge in [0.25, 0.3) is 0 Å². The zero-order valence-corrected chi connectivity index (χ0v) is 13.2. The second-order valence-corrected chi connectivity index (χ2v) is 6.54. The summed E-state index contributed by atoms with van der Waals surface area (Å²) in [6.07, 6.45) is 3.19. The number of nitrogens with one attached hydrogen (secondary N) is 1. The third-order valence-electron chi connectivity index (χ3n) is 3.56. The molecule has 0 aliphatic carbocycles. The van der Waals surface area contributed by atoms with Crippen LogP contribution in [0, 0.1) is 0 Å². The second-order valence-electron chi connectivity index (χ2n) is 6.54. The van der Waals surface area contributed by atoms with Crippen molar-refractivity contribution < 1.29 is 0 Å². The van der Waals surface area contributed by atoms with Crippen LogP contribution in [0.3, 0.4) is 0 Å². The Hall–Kier alpha value is -1.54. The van der Waals surface area contributed by atoms with Gasteiger partial charge >= 0.3 is 0 Å². The lowest BCUT2D eigenvalue weighted by Crippen LogP contribution is -2.35. The van der Waals surface area contributed by atoms with Crippen LogP contribution in [0.5, 0.6) is 0 Å². The van der Waals surface area contributed by atoms with Crippen LogP contribution in [0.2, 0.25) is 0 Å². The van der Waals surface area contributed by atoms with E-state index in [0.717, 1.165) is 19.5 Å². The first kappa shape index (κ1) is 14.9. The number of rotatable bonds is 5. The molecule has 2 nitrogen and oxygen atoms in total. The minimum Gasteiger partial charge on any atom is -0.343 e. The van der Waals surface area contributed by atoms with E-state index < -0.39 is 0 Å². The summed E-state index contributed by atoms with van der Waals surface area (Å²) >= 11 is 0. The molecule has 0 amide bonds. The van der Waals surface area contributed by atoms with Crippen LogP contribution in [-0.2, 0) is 13.1 Å². The number of aromatic nitrogens is 1. The Kier molecular flexibility index (Phi) is 4.34. The Balaban J connectivity index is 2.23. The summed E-state index contributed by atoms with van der Waals surface area (Å²) in [4.78, 5) is 0. The summed E-state index contributed by atoms with van der Waals surface area (Å²) in [6.45, 7) is 14.7. The molecule has 1 aromatic carbocycles. The second kappa shape index (κ2) is 5.84. The van der Waals surface area contributed by atoms with Gasteiger partial charge < -0.3 is 9.88 Å². The van der Waals surface area contributed by atoms with Gasteiger partial charge in [0.2, 0.25) is 0 Å². The first-order valence-electron chi connectivity index (χ1n) is 7.38. The molecule has 0 saturated carbocycles. The molecule has 0 atom stereocenters. The minimum atomic E-state index is 0.146. The predicted octanol–water partition coefficient (Wildman–Crippen LogP) is 4.50. The molecule has 0 unspecified atom stereocenters. The maximum Gasteiger partial charge on any atom is 0.0486 e. The molecule has 2 rings (SSSR count). The first-order chi connectivity index (χ1) is 9.39. The Morgan fingerprint density at radius 1 is 1.25 bits per heavy atom. The van der Waals surface area contributed by atoms with Gasteiger partial charge in [-0.25, -0.2) is 0 Å². The fourth-order valence-corrected chi connectivity index (χ4v) is 2.20. The van der Waals surface area contributed by atoms with Gasteiger partial charge in [-0.1, -0.05) is 31.2 Å². The van der Waals surface area contributed by atoms with E-state index in [1.165, 1.54) is 22.0 Å². The van der Waals surface area contributed by atoms with E-state index >= 15 is 0 Å². The molecule has 2 aromatic rings. The molecule has 0 spiro atoms. The Labute approximate surface area is 122 Å². The molecule has 0 fully saturated rings. The molecule has 1 aromatic heterocycles. The largest absolute Gasteiger partial charge is 0.343 e. The van der Waals surface area contributed by atoms with Gasteiger partial charge in [-0.3, -0.25) is 0 Å². The van der Waals surface area contributed by atoms with Crippen molar-refractivity contribution in [1.82, 2.24) is 9.88 Å². The smallest absolute Gasteiger partial charge is 0.0486 e. The summed E-state index contributed by atoms with van der Waals surface area (Å²) in [6, 6.07) is 8.89. The Morgan fingerprint density at radius 3 is 2.65 bits per heavy atom. The van der Waals surface area contributed by atoms with Crippen molar-refractivity contribution in [3.8, 4) is 0 Å². The van der Waals surface area contributed by atoms with E-state index in [0.29, 0.717) is 0 Å². The number of fused-ring (bicyclic) bond motifs is 1. The monoisotopic (exact) mass is 270 g/mol. The molecule has 1 heterocycles. The van der Waals surface area contributed by atoms with E-state index in [4.69, 9.17) is 0 Å². The molecule has 0 aliphatic heterocycles. The van der Waals surface area contributed by atoms with Gasteiger partial charge in [-0.05, 0) is 50.3 Å². The van der Waals surface area contributed by atoms with Crippen LogP contribution >= 0.6 is 0 Å². The van der Waals surface area contributed by atoms with Crippen molar-refractivity contribution >= 4 is 10.9 Å². The van der Waals surface area contributed by atoms with Gasteiger partial charge in [0, 0.05) is 30.3 Å². The maximum atomic E-state index is 4.11. The van der Waals surface area contributed by atoms with Crippen LogP contribution < -0.4 is 5.32 Å². The molecular formula is C18H26N2. The van der Waals surface area contributed by atoms with Crippen LogP contribution in [0.1, 0.15) is 39.7 Å². The molecule has 2 heteroatoms. The van der Waals surface area contributed by atoms with E-state index in [1.807, 2.05) is 0 Å². The van der Waals surface area contributed by atoms with Gasteiger partial charge in [0.1, 0.15) is 0 Å². The number of nitrogens with zero attached hydrogens (tertiary/aromatic N) is 1. The Bertz CT molecular complexity index is 599. The molecule has 1 N–H and O–H groups in total. The average Bonchev–Trinajstić information content (AvgIpc) is 2.78. The van der Waals surface area contributed by atoms with Crippen LogP contribution in [0.4, 0.5) is 0 Å². The lowest BCUT2D eigenvalue weighted by Gasteiger charge is -2.20. The highest BCUT2D eigenvalue weighted by Crippen LogP contribution is 2.19. The zero-order valence-electron chi connectivity index (χ0n) is 13.2. The minimum absolute atomic E-state index is 0.146. The average molecular weight is 270 g/mol. The molecule has 0 aliphatic rings. The molecule has 0 bridgehead atoms. The van der Waals surface area contributed by atoms with Gasteiger partial charge in [-0.15, -0.1) is 0 Å². The number of hydrogen-bond acceptors (Lipinski definition) is 1. The number of benzene rings is 1. The van der Waals surface area contributed by atoms with Gasteiger partial charge in [-0.2, -0.15) is 0 Å². The summed E-state index contributed by atoms with van der Waals surface area (Å²) < 4.78 is 2.29. The van der Waals surface area contributed by atoms with E-state index in [9.17, 15) is 0 Å². The fourth-order valence-electron chi connectivity index (χ4n) is 2.20. The molecular weight excluding hydrogens is 244 g/mol. The standard InChI is InChI=1S/C18H26N2/c1-6-14(2)13-20-10-9-16-8-7-15(11-17(16)20)12-19-18(3,4)5/h7-11,19H,2,6,12-13H2,1,3-5H3. The maximum absolute atomic E-state index is 4.11. The van der Waals surface area contributed by atoms with Gasteiger partial charge in [0.15, 0.2) is 0 Å². The van der Waals surface area contributed by atoms with Crippen molar-refractivity contribution in [2.45, 2.75) is 52.7 Å². The van der Waals surface area contributed by atoms with Crippen LogP contribution in [0.25, 0.3) is 10.9 Å². The molecule has 0 radical (unpaired) electrons. The highest BCUT2D eigenvalue weighted by atomic mass is 15.0. The fraction of sp³-hybridized carbons (Fsp3) is 0.444. The quantitative estimate of drug-likeness (QED) is 0.792. The number of hydrogen-bond donors (Lipinski definition) is 1. The highest BCUT2D eigenvalue weighted by molar-refractivity contribution is 5.80. The van der Waals surface area contributed by atoms with Crippen molar-refractivity contribution in [2.24, 2.45) is 0 Å². The van der Waals surface area contributed by atoms with Crippen molar-refractivity contribution in [3.05, 3.63) is 48.2 Å². The van der Waals surface area contributed by atoms with Gasteiger partial charge in [0.05, 0.1) is 0 Å². The summed E-state index contributed by atoms with van der Waals surface area (Å²) in [7, 11) is 0. The van der Waals surface area contributed by atoms with Crippen LogP contribution in [0.15, 0.2) is 42.6 Å². The number of allylic oxidation sites excluding steroid dienone is 1. The summed E-state index contributed by atoms with van der Waals surface area (Å²) in [5.41, 5.74) is 4.04. The SMILES string of the molecule is C=C(CC)Cn1ccc2ccc(CNC(C)(C)C)cc21. The van der Waals surface area contributed by atoms with Crippen LogP contribution in [-0.4, -0.2) is 10.1 Å². The molecule has 108 valence electrons. The van der Waals surface area contributed by atoms with E-state index in [-0.39, 0.29) is 5.54 Å². The van der Waals surface area contributed by atoms with Crippen molar-refractivity contribution in [3.63, 3.8) is 0 Å². The highest BCUT2D eigenvalue weighted by Gasteiger charge is 2.09.